The Hall–Kier alpha value is -0.800. The molecule has 0 saturated heterocycles. The van der Waals surface area contributed by atoms with E-state index in [1.165, 1.54) is 0 Å². The van der Waals surface area contributed by atoms with E-state index >= 15 is 0 Å². The summed E-state index contributed by atoms with van der Waals surface area (Å²) in [5.74, 6) is 0. The minimum Gasteiger partial charge on any atom is -0.469 e. The molecular formula is C9H14O3. The number of aliphatic hydroxyl groups is 1. The zero-order chi connectivity index (χ0) is 8.81. The Kier molecular flexibility index (Phi) is 3.84. The first-order chi connectivity index (χ1) is 5.79. The standard InChI is InChI=1S/C9H14O3/c1-8(10)5-7-12-9-4-2-3-6-11-9/h2-4,6,8-10H,5,7H2,1H3. The largest absolute Gasteiger partial charge is 0.469 e. The number of rotatable bonds is 4. The van der Waals surface area contributed by atoms with Crippen LogP contribution in [0.5, 0.6) is 0 Å². The van der Waals surface area contributed by atoms with Crippen LogP contribution in [0.25, 0.3) is 0 Å². The van der Waals surface area contributed by atoms with E-state index in [0.717, 1.165) is 0 Å². The van der Waals surface area contributed by atoms with Crippen molar-refractivity contribution in [2.24, 2.45) is 0 Å². The molecule has 2 unspecified atom stereocenters. The highest BCUT2D eigenvalue weighted by atomic mass is 16.7. The maximum Gasteiger partial charge on any atom is 0.219 e. The summed E-state index contributed by atoms with van der Waals surface area (Å²) in [6, 6.07) is 0. The van der Waals surface area contributed by atoms with Crippen molar-refractivity contribution in [3.05, 3.63) is 24.5 Å². The zero-order valence-electron chi connectivity index (χ0n) is 7.14. The molecule has 0 fully saturated rings. The Morgan fingerprint density at radius 2 is 2.42 bits per heavy atom. The Morgan fingerprint density at radius 3 is 3.00 bits per heavy atom. The summed E-state index contributed by atoms with van der Waals surface area (Å²) < 4.78 is 10.4. The normalized spacial score (nSPS) is 23.7. The molecule has 1 aliphatic rings. The van der Waals surface area contributed by atoms with Crippen LogP contribution in [-0.4, -0.2) is 24.1 Å². The van der Waals surface area contributed by atoms with Crippen LogP contribution in [0.2, 0.25) is 0 Å². The van der Waals surface area contributed by atoms with Crippen LogP contribution in [0, 0.1) is 0 Å². The Balaban J connectivity index is 2.07. The lowest BCUT2D eigenvalue weighted by atomic mass is 10.3. The van der Waals surface area contributed by atoms with Gasteiger partial charge >= 0.3 is 0 Å². The third-order valence-electron chi connectivity index (χ3n) is 1.49. The molecular weight excluding hydrogens is 156 g/mol. The van der Waals surface area contributed by atoms with Crippen molar-refractivity contribution in [3.8, 4) is 0 Å². The van der Waals surface area contributed by atoms with Gasteiger partial charge in [-0.2, -0.15) is 0 Å². The quantitative estimate of drug-likeness (QED) is 0.689. The van der Waals surface area contributed by atoms with Gasteiger partial charge in [-0.3, -0.25) is 0 Å². The number of allylic oxidation sites excluding steroid dienone is 2. The molecule has 3 heteroatoms. The summed E-state index contributed by atoms with van der Waals surface area (Å²) in [6.07, 6.45) is 7.12. The van der Waals surface area contributed by atoms with Crippen molar-refractivity contribution >= 4 is 0 Å². The zero-order valence-corrected chi connectivity index (χ0v) is 7.14. The molecule has 1 heterocycles. The number of hydrogen-bond acceptors (Lipinski definition) is 3. The highest BCUT2D eigenvalue weighted by Crippen LogP contribution is 2.04. The lowest BCUT2D eigenvalue weighted by Gasteiger charge is -2.15. The van der Waals surface area contributed by atoms with Crippen molar-refractivity contribution in [1.82, 2.24) is 0 Å². The van der Waals surface area contributed by atoms with E-state index in [-0.39, 0.29) is 12.4 Å². The lowest BCUT2D eigenvalue weighted by molar-refractivity contribution is -0.0801. The molecule has 0 aliphatic carbocycles. The highest BCUT2D eigenvalue weighted by molar-refractivity contribution is 5.05. The molecule has 0 radical (unpaired) electrons. The van der Waals surface area contributed by atoms with Gasteiger partial charge in [-0.15, -0.1) is 0 Å². The number of hydrogen-bond donors (Lipinski definition) is 1. The molecule has 0 amide bonds. The van der Waals surface area contributed by atoms with Crippen LogP contribution in [0.15, 0.2) is 24.5 Å². The fourth-order valence-electron chi connectivity index (χ4n) is 0.818. The van der Waals surface area contributed by atoms with Gasteiger partial charge in [-0.1, -0.05) is 6.08 Å². The van der Waals surface area contributed by atoms with Crippen LogP contribution in [0.1, 0.15) is 13.3 Å². The summed E-state index contributed by atoms with van der Waals surface area (Å²) in [5, 5.41) is 8.93. The van der Waals surface area contributed by atoms with E-state index in [1.54, 1.807) is 19.3 Å². The molecule has 0 aromatic rings. The minimum absolute atomic E-state index is 0.284. The topological polar surface area (TPSA) is 38.7 Å². The van der Waals surface area contributed by atoms with Gasteiger partial charge in [0, 0.05) is 0 Å². The smallest absolute Gasteiger partial charge is 0.219 e. The van der Waals surface area contributed by atoms with E-state index in [9.17, 15) is 0 Å². The van der Waals surface area contributed by atoms with Crippen LogP contribution < -0.4 is 0 Å². The van der Waals surface area contributed by atoms with Gasteiger partial charge < -0.3 is 14.6 Å². The molecule has 0 bridgehead atoms. The van der Waals surface area contributed by atoms with Crippen LogP contribution in [-0.2, 0) is 9.47 Å². The fraction of sp³-hybridized carbons (Fsp3) is 0.556. The molecule has 68 valence electrons. The van der Waals surface area contributed by atoms with E-state index in [2.05, 4.69) is 0 Å². The average molecular weight is 170 g/mol. The molecule has 1 aliphatic heterocycles. The molecule has 12 heavy (non-hydrogen) atoms. The maximum atomic E-state index is 8.93. The third-order valence-corrected chi connectivity index (χ3v) is 1.49. The van der Waals surface area contributed by atoms with E-state index in [4.69, 9.17) is 14.6 Å². The van der Waals surface area contributed by atoms with E-state index < -0.39 is 0 Å². The summed E-state index contributed by atoms with van der Waals surface area (Å²) in [7, 11) is 0. The van der Waals surface area contributed by atoms with Crippen LogP contribution in [0.3, 0.4) is 0 Å². The molecule has 0 saturated carbocycles. The second kappa shape index (κ2) is 4.95. The van der Waals surface area contributed by atoms with Gasteiger partial charge in [-0.25, -0.2) is 0 Å². The predicted molar refractivity (Wildman–Crippen MR) is 45.4 cm³/mol. The van der Waals surface area contributed by atoms with E-state index in [1.807, 2.05) is 12.2 Å². The Morgan fingerprint density at radius 1 is 1.58 bits per heavy atom. The van der Waals surface area contributed by atoms with Crippen molar-refractivity contribution in [2.75, 3.05) is 6.61 Å². The van der Waals surface area contributed by atoms with Gasteiger partial charge in [-0.05, 0) is 25.5 Å². The first-order valence-corrected chi connectivity index (χ1v) is 4.07. The number of ether oxygens (including phenoxy) is 2. The van der Waals surface area contributed by atoms with Crippen LogP contribution in [0.4, 0.5) is 0 Å². The molecule has 0 aromatic heterocycles. The maximum absolute atomic E-state index is 8.93. The first-order valence-electron chi connectivity index (χ1n) is 4.07. The van der Waals surface area contributed by atoms with Gasteiger partial charge in [0.2, 0.25) is 6.29 Å². The Labute approximate surface area is 72.3 Å². The first kappa shape index (κ1) is 9.29. The lowest BCUT2D eigenvalue weighted by Crippen LogP contribution is -2.16. The Bertz CT molecular complexity index is 173. The summed E-state index contributed by atoms with van der Waals surface area (Å²) in [5.41, 5.74) is 0. The molecule has 1 N–H and O–H groups in total. The third kappa shape index (κ3) is 3.55. The van der Waals surface area contributed by atoms with E-state index in [0.29, 0.717) is 13.0 Å². The second-order valence-corrected chi connectivity index (χ2v) is 2.73. The molecule has 3 nitrogen and oxygen atoms in total. The molecule has 0 spiro atoms. The van der Waals surface area contributed by atoms with Gasteiger partial charge in [0.1, 0.15) is 0 Å². The van der Waals surface area contributed by atoms with Crippen molar-refractivity contribution < 1.29 is 14.6 Å². The SMILES string of the molecule is CC(O)CCOC1C=CC=CO1. The monoisotopic (exact) mass is 170 g/mol. The van der Waals surface area contributed by atoms with Gasteiger partial charge in [0.25, 0.3) is 0 Å². The fourth-order valence-corrected chi connectivity index (χ4v) is 0.818. The second-order valence-electron chi connectivity index (χ2n) is 2.73. The van der Waals surface area contributed by atoms with Crippen molar-refractivity contribution in [3.63, 3.8) is 0 Å². The van der Waals surface area contributed by atoms with Gasteiger partial charge in [0.05, 0.1) is 19.0 Å². The summed E-state index contributed by atoms with van der Waals surface area (Å²) in [4.78, 5) is 0. The average Bonchev–Trinajstić information content (AvgIpc) is 2.05. The van der Waals surface area contributed by atoms with Crippen LogP contribution >= 0.6 is 0 Å². The van der Waals surface area contributed by atoms with Crippen molar-refractivity contribution in [1.29, 1.82) is 0 Å². The predicted octanol–water partition coefficient (Wildman–Crippen LogP) is 1.20. The summed E-state index contributed by atoms with van der Waals surface area (Å²) in [6.45, 7) is 2.25. The molecule has 1 rings (SSSR count). The van der Waals surface area contributed by atoms with Gasteiger partial charge in [0.15, 0.2) is 0 Å². The highest BCUT2D eigenvalue weighted by Gasteiger charge is 2.05. The minimum atomic E-state index is -0.312. The molecule has 2 atom stereocenters. The molecule has 0 aromatic carbocycles. The summed E-state index contributed by atoms with van der Waals surface area (Å²) >= 11 is 0. The van der Waals surface area contributed by atoms with Crippen molar-refractivity contribution in [2.45, 2.75) is 25.7 Å². The number of aliphatic hydroxyl groups excluding tert-OH is 1.